The summed E-state index contributed by atoms with van der Waals surface area (Å²) in [4.78, 5) is 26.0. The van der Waals surface area contributed by atoms with Crippen LogP contribution in [0, 0.1) is 5.92 Å². The molecule has 1 aromatic carbocycles. The van der Waals surface area contributed by atoms with Crippen molar-refractivity contribution in [3.63, 3.8) is 0 Å². The molecule has 0 atom stereocenters. The van der Waals surface area contributed by atoms with Gasteiger partial charge in [0.05, 0.1) is 10.5 Å². The Morgan fingerprint density at radius 1 is 1.04 bits per heavy atom. The first-order valence-electron chi connectivity index (χ1n) is 9.49. The SMILES string of the molecule is O=C(O)c1ccccc1S(=O)(=O)N1CCC(C(=O)N2CCC23CCC3)CC1. The van der Waals surface area contributed by atoms with Gasteiger partial charge in [-0.05, 0) is 50.7 Å². The van der Waals surface area contributed by atoms with Crippen LogP contribution < -0.4 is 0 Å². The van der Waals surface area contributed by atoms with Gasteiger partial charge in [-0.25, -0.2) is 13.2 Å². The molecule has 0 radical (unpaired) electrons. The molecular formula is C19H24N2O5S. The van der Waals surface area contributed by atoms with E-state index in [1.54, 1.807) is 0 Å². The Morgan fingerprint density at radius 2 is 1.70 bits per heavy atom. The minimum Gasteiger partial charge on any atom is -0.478 e. The van der Waals surface area contributed by atoms with Crippen LogP contribution in [-0.4, -0.2) is 59.8 Å². The summed E-state index contributed by atoms with van der Waals surface area (Å²) in [6.45, 7) is 1.31. The van der Waals surface area contributed by atoms with Gasteiger partial charge in [0.25, 0.3) is 0 Å². The van der Waals surface area contributed by atoms with E-state index in [1.165, 1.54) is 35.0 Å². The van der Waals surface area contributed by atoms with Crippen LogP contribution in [0.15, 0.2) is 29.2 Å². The predicted molar refractivity (Wildman–Crippen MR) is 97.8 cm³/mol. The summed E-state index contributed by atoms with van der Waals surface area (Å²) in [6, 6.07) is 5.66. The molecule has 2 aliphatic heterocycles. The number of carbonyl (C=O) groups excluding carboxylic acids is 1. The van der Waals surface area contributed by atoms with Crippen molar-refractivity contribution in [2.24, 2.45) is 5.92 Å². The van der Waals surface area contributed by atoms with E-state index in [2.05, 4.69) is 0 Å². The van der Waals surface area contributed by atoms with Gasteiger partial charge in [0.15, 0.2) is 0 Å². The van der Waals surface area contributed by atoms with Crippen LogP contribution in [0.4, 0.5) is 0 Å². The molecular weight excluding hydrogens is 368 g/mol. The second-order valence-corrected chi connectivity index (χ2v) is 9.70. The van der Waals surface area contributed by atoms with Crippen LogP contribution in [0.5, 0.6) is 0 Å². The fourth-order valence-electron chi connectivity index (χ4n) is 4.56. The van der Waals surface area contributed by atoms with E-state index in [0.717, 1.165) is 25.8 Å². The van der Waals surface area contributed by atoms with Gasteiger partial charge in [0.1, 0.15) is 0 Å². The van der Waals surface area contributed by atoms with Gasteiger partial charge in [-0.3, -0.25) is 4.79 Å². The third-order valence-electron chi connectivity index (χ3n) is 6.46. The zero-order chi connectivity index (χ0) is 19.2. The highest BCUT2D eigenvalue weighted by molar-refractivity contribution is 7.89. The lowest BCUT2D eigenvalue weighted by Crippen LogP contribution is -2.67. The summed E-state index contributed by atoms with van der Waals surface area (Å²) < 4.78 is 27.1. The number of rotatable bonds is 4. The van der Waals surface area contributed by atoms with Crippen LogP contribution in [0.3, 0.4) is 0 Å². The molecule has 4 rings (SSSR count). The largest absolute Gasteiger partial charge is 0.478 e. The molecule has 8 heteroatoms. The Hall–Kier alpha value is -1.93. The highest BCUT2D eigenvalue weighted by atomic mass is 32.2. The zero-order valence-corrected chi connectivity index (χ0v) is 16.0. The van der Waals surface area contributed by atoms with Gasteiger partial charge in [-0.15, -0.1) is 0 Å². The zero-order valence-electron chi connectivity index (χ0n) is 15.1. The number of benzene rings is 1. The number of piperidine rings is 1. The van der Waals surface area contributed by atoms with Crippen molar-refractivity contribution >= 4 is 21.9 Å². The molecule has 3 fully saturated rings. The third kappa shape index (κ3) is 2.95. The Kier molecular flexibility index (Phi) is 4.50. The predicted octanol–water partition coefficient (Wildman–Crippen LogP) is 1.94. The van der Waals surface area contributed by atoms with Gasteiger partial charge < -0.3 is 10.0 Å². The van der Waals surface area contributed by atoms with E-state index in [4.69, 9.17) is 0 Å². The number of nitrogens with zero attached hydrogens (tertiary/aromatic N) is 2. The first-order valence-corrected chi connectivity index (χ1v) is 10.9. The molecule has 1 saturated carbocycles. The van der Waals surface area contributed by atoms with E-state index >= 15 is 0 Å². The summed E-state index contributed by atoms with van der Waals surface area (Å²) in [5.74, 6) is -1.23. The normalized spacial score (nSPS) is 22.9. The number of carbonyl (C=O) groups is 2. The first kappa shape index (κ1) is 18.4. The van der Waals surface area contributed by atoms with E-state index in [1.807, 2.05) is 4.90 Å². The number of aromatic carboxylic acids is 1. The van der Waals surface area contributed by atoms with E-state index in [0.29, 0.717) is 12.8 Å². The summed E-state index contributed by atoms with van der Waals surface area (Å²) in [6.07, 6.45) is 5.44. The average molecular weight is 392 g/mol. The number of hydrogen-bond donors (Lipinski definition) is 1. The molecule has 27 heavy (non-hydrogen) atoms. The van der Waals surface area contributed by atoms with Gasteiger partial charge in [-0.1, -0.05) is 12.1 Å². The fraction of sp³-hybridized carbons (Fsp3) is 0.579. The second-order valence-electron chi connectivity index (χ2n) is 7.80. The number of amides is 1. The van der Waals surface area contributed by atoms with E-state index < -0.39 is 16.0 Å². The molecule has 0 unspecified atom stereocenters. The standard InChI is InChI=1S/C19H24N2O5S/c22-17(21-13-10-19(21)8-3-9-19)14-6-11-20(12-7-14)27(25,26)16-5-2-1-4-15(16)18(23)24/h1-2,4-5,14H,3,6-13H2,(H,23,24). The Morgan fingerprint density at radius 3 is 2.22 bits per heavy atom. The van der Waals surface area contributed by atoms with Crippen LogP contribution in [0.2, 0.25) is 0 Å². The number of likely N-dealkylation sites (tertiary alicyclic amines) is 1. The summed E-state index contributed by atoms with van der Waals surface area (Å²) in [5.41, 5.74) is -0.107. The second kappa shape index (κ2) is 6.60. The summed E-state index contributed by atoms with van der Waals surface area (Å²) >= 11 is 0. The van der Waals surface area contributed by atoms with Gasteiger partial charge >= 0.3 is 5.97 Å². The van der Waals surface area contributed by atoms with Crippen LogP contribution >= 0.6 is 0 Å². The molecule has 1 N–H and O–H groups in total. The van der Waals surface area contributed by atoms with Crippen LogP contribution in [0.25, 0.3) is 0 Å². The van der Waals surface area contributed by atoms with Gasteiger partial charge in [-0.2, -0.15) is 4.31 Å². The third-order valence-corrected chi connectivity index (χ3v) is 8.42. The lowest BCUT2D eigenvalue weighted by Gasteiger charge is -2.59. The molecule has 3 aliphatic rings. The minimum atomic E-state index is -3.89. The molecule has 7 nitrogen and oxygen atoms in total. The van der Waals surface area contributed by atoms with Crippen molar-refractivity contribution in [2.75, 3.05) is 19.6 Å². The molecule has 146 valence electrons. The fourth-order valence-corrected chi connectivity index (χ4v) is 6.21. The molecule has 0 aromatic heterocycles. The number of carboxylic acids is 1. The Bertz CT molecular complexity index is 864. The first-order chi connectivity index (χ1) is 12.8. The molecule has 0 bridgehead atoms. The minimum absolute atomic E-state index is 0.112. The lowest BCUT2D eigenvalue weighted by atomic mass is 9.67. The summed E-state index contributed by atoms with van der Waals surface area (Å²) in [7, 11) is -3.89. The monoisotopic (exact) mass is 392 g/mol. The van der Waals surface area contributed by atoms with Crippen molar-refractivity contribution < 1.29 is 23.1 Å². The maximum Gasteiger partial charge on any atom is 0.337 e. The van der Waals surface area contributed by atoms with Crippen molar-refractivity contribution in [3.05, 3.63) is 29.8 Å². The van der Waals surface area contributed by atoms with Crippen molar-refractivity contribution in [3.8, 4) is 0 Å². The maximum absolute atomic E-state index is 12.9. The molecule has 1 aliphatic carbocycles. The highest BCUT2D eigenvalue weighted by Gasteiger charge is 2.52. The smallest absolute Gasteiger partial charge is 0.337 e. The van der Waals surface area contributed by atoms with Crippen LogP contribution in [0.1, 0.15) is 48.9 Å². The highest BCUT2D eigenvalue weighted by Crippen LogP contribution is 2.48. The number of hydrogen-bond acceptors (Lipinski definition) is 4. The molecule has 1 aromatic rings. The van der Waals surface area contributed by atoms with Crippen molar-refractivity contribution in [1.82, 2.24) is 9.21 Å². The van der Waals surface area contributed by atoms with Crippen molar-refractivity contribution in [2.45, 2.75) is 49.0 Å². The van der Waals surface area contributed by atoms with Gasteiger partial charge in [0.2, 0.25) is 15.9 Å². The molecule has 2 heterocycles. The van der Waals surface area contributed by atoms with E-state index in [-0.39, 0.29) is 40.9 Å². The molecule has 1 amide bonds. The van der Waals surface area contributed by atoms with Crippen LogP contribution in [-0.2, 0) is 14.8 Å². The topological polar surface area (TPSA) is 95.0 Å². The Balaban J connectivity index is 1.45. The average Bonchev–Trinajstić information content (AvgIpc) is 2.59. The van der Waals surface area contributed by atoms with Crippen molar-refractivity contribution in [1.29, 1.82) is 0 Å². The summed E-state index contributed by atoms with van der Waals surface area (Å²) in [5, 5.41) is 9.28. The number of carboxylic acid groups (broad SMARTS) is 1. The van der Waals surface area contributed by atoms with Gasteiger partial charge in [0, 0.05) is 31.1 Å². The molecule has 1 spiro atoms. The Labute approximate surface area is 159 Å². The molecule has 2 saturated heterocycles. The quantitative estimate of drug-likeness (QED) is 0.845. The number of sulfonamides is 1. The lowest BCUT2D eigenvalue weighted by molar-refractivity contribution is -0.161. The van der Waals surface area contributed by atoms with E-state index in [9.17, 15) is 23.1 Å². The maximum atomic E-state index is 12.9.